The highest BCUT2D eigenvalue weighted by atomic mass is 32.1. The van der Waals surface area contributed by atoms with Crippen molar-refractivity contribution in [3.05, 3.63) is 61.2 Å². The second-order valence-corrected chi connectivity index (χ2v) is 4.70. The molecule has 8 heteroatoms. The Balaban J connectivity index is 2.26. The fourth-order valence-electron chi connectivity index (χ4n) is 1.69. The van der Waals surface area contributed by atoms with E-state index in [9.17, 15) is 14.9 Å². The summed E-state index contributed by atoms with van der Waals surface area (Å²) in [6, 6.07) is 6.25. The van der Waals surface area contributed by atoms with Gasteiger partial charge >= 0.3 is 0 Å². The van der Waals surface area contributed by atoms with Crippen LogP contribution < -0.4 is 10.1 Å². The van der Waals surface area contributed by atoms with Gasteiger partial charge in [-0.3, -0.25) is 14.9 Å². The fraction of sp³-hybridized carbons (Fsp3) is 0. The molecule has 0 bridgehead atoms. The molecule has 3 rings (SSSR count). The van der Waals surface area contributed by atoms with Gasteiger partial charge in [-0.15, -0.1) is 0 Å². The van der Waals surface area contributed by atoms with Crippen LogP contribution in [0.4, 0.5) is 5.69 Å². The molecule has 7 nitrogen and oxygen atoms in total. The standard InChI is InChI=1S/C11H6N4O3S/c16-10-9(19-11-12-6-13-14(10)11)5-7-3-1-2-4-8(7)15(17)18/h1-6H. The van der Waals surface area contributed by atoms with Crippen LogP contribution in [-0.4, -0.2) is 19.5 Å². The second-order valence-electron chi connectivity index (χ2n) is 3.69. The van der Waals surface area contributed by atoms with E-state index in [1.54, 1.807) is 18.2 Å². The molecule has 0 radical (unpaired) electrons. The number of aromatic nitrogens is 3. The fourth-order valence-corrected chi connectivity index (χ4v) is 2.57. The molecule has 0 fully saturated rings. The summed E-state index contributed by atoms with van der Waals surface area (Å²) in [7, 11) is 0. The van der Waals surface area contributed by atoms with Gasteiger partial charge in [0.15, 0.2) is 0 Å². The van der Waals surface area contributed by atoms with E-state index in [0.717, 1.165) is 11.3 Å². The summed E-state index contributed by atoms with van der Waals surface area (Å²) in [5.41, 5.74) is 0.0191. The van der Waals surface area contributed by atoms with E-state index in [0.29, 0.717) is 15.1 Å². The zero-order valence-corrected chi connectivity index (χ0v) is 10.2. The zero-order chi connectivity index (χ0) is 13.4. The Morgan fingerprint density at radius 2 is 2.16 bits per heavy atom. The van der Waals surface area contributed by atoms with Crippen LogP contribution >= 0.6 is 11.3 Å². The van der Waals surface area contributed by atoms with Crippen molar-refractivity contribution >= 4 is 28.1 Å². The van der Waals surface area contributed by atoms with E-state index in [1.165, 1.54) is 23.0 Å². The quantitative estimate of drug-likeness (QED) is 0.504. The number of hydrogen-bond donors (Lipinski definition) is 0. The van der Waals surface area contributed by atoms with Crippen LogP contribution in [0.5, 0.6) is 0 Å². The molecule has 94 valence electrons. The predicted octanol–water partition coefficient (Wildman–Crippen LogP) is 0.607. The van der Waals surface area contributed by atoms with Crippen LogP contribution in [0.2, 0.25) is 0 Å². The molecule has 0 aliphatic rings. The minimum absolute atomic E-state index is 0.0408. The molecule has 0 saturated carbocycles. The minimum atomic E-state index is -0.479. The van der Waals surface area contributed by atoms with Crippen LogP contribution in [0.25, 0.3) is 11.0 Å². The maximum absolute atomic E-state index is 11.9. The van der Waals surface area contributed by atoms with Crippen molar-refractivity contribution in [2.24, 2.45) is 0 Å². The Hall–Kier alpha value is -2.61. The first-order valence-electron chi connectivity index (χ1n) is 5.24. The van der Waals surface area contributed by atoms with Gasteiger partial charge in [0.1, 0.15) is 6.33 Å². The summed E-state index contributed by atoms with van der Waals surface area (Å²) >= 11 is 1.14. The van der Waals surface area contributed by atoms with Crippen molar-refractivity contribution in [2.75, 3.05) is 0 Å². The lowest BCUT2D eigenvalue weighted by Gasteiger charge is -1.94. The molecule has 0 aliphatic carbocycles. The molecule has 1 aromatic carbocycles. The van der Waals surface area contributed by atoms with Gasteiger partial charge in [-0.05, 0) is 12.1 Å². The smallest absolute Gasteiger partial charge is 0.266 e. The molecule has 0 N–H and O–H groups in total. The van der Waals surface area contributed by atoms with Crippen molar-refractivity contribution in [1.82, 2.24) is 14.6 Å². The van der Waals surface area contributed by atoms with Gasteiger partial charge in [-0.25, -0.2) is 4.98 Å². The van der Waals surface area contributed by atoms with Crippen LogP contribution in [0.1, 0.15) is 5.56 Å². The van der Waals surface area contributed by atoms with Crippen molar-refractivity contribution in [2.45, 2.75) is 0 Å². The Bertz CT molecular complexity index is 883. The average molecular weight is 274 g/mol. The van der Waals surface area contributed by atoms with E-state index in [-0.39, 0.29) is 11.2 Å². The number of nitro benzene ring substituents is 1. The first-order valence-corrected chi connectivity index (χ1v) is 6.06. The number of benzene rings is 1. The summed E-state index contributed by atoms with van der Waals surface area (Å²) in [6.07, 6.45) is 2.78. The van der Waals surface area contributed by atoms with Gasteiger partial charge < -0.3 is 0 Å². The molecule has 2 aromatic heterocycles. The van der Waals surface area contributed by atoms with E-state index in [1.807, 2.05) is 0 Å². The molecule has 0 unspecified atom stereocenters. The molecule has 0 saturated heterocycles. The van der Waals surface area contributed by atoms with Crippen molar-refractivity contribution in [1.29, 1.82) is 0 Å². The molecule has 19 heavy (non-hydrogen) atoms. The molecule has 0 atom stereocenters. The van der Waals surface area contributed by atoms with Crippen molar-refractivity contribution < 1.29 is 4.92 Å². The molecule has 0 amide bonds. The van der Waals surface area contributed by atoms with Crippen LogP contribution in [0, 0.1) is 10.1 Å². The minimum Gasteiger partial charge on any atom is -0.266 e. The first kappa shape index (κ1) is 11.5. The van der Waals surface area contributed by atoms with E-state index in [2.05, 4.69) is 10.1 Å². The number of nitrogens with zero attached hydrogens (tertiary/aromatic N) is 4. The largest absolute Gasteiger partial charge is 0.291 e. The summed E-state index contributed by atoms with van der Waals surface area (Å²) in [5, 5.41) is 14.7. The molecular weight excluding hydrogens is 268 g/mol. The van der Waals surface area contributed by atoms with Gasteiger partial charge in [-0.2, -0.15) is 9.61 Å². The SMILES string of the molecule is O=c1c(=Cc2ccccc2[N+](=O)[O-])sc2ncnn12. The van der Waals surface area contributed by atoms with Crippen LogP contribution in [0.15, 0.2) is 35.4 Å². The first-order chi connectivity index (χ1) is 9.16. The molecule has 0 aliphatic heterocycles. The number of nitro groups is 1. The average Bonchev–Trinajstić information content (AvgIpc) is 2.95. The highest BCUT2D eigenvalue weighted by molar-refractivity contribution is 7.15. The maximum atomic E-state index is 11.9. The summed E-state index contributed by atoms with van der Waals surface area (Å²) in [6.45, 7) is 0. The van der Waals surface area contributed by atoms with E-state index < -0.39 is 4.92 Å². The van der Waals surface area contributed by atoms with Crippen LogP contribution in [0.3, 0.4) is 0 Å². The highest BCUT2D eigenvalue weighted by Crippen LogP contribution is 2.18. The Labute approximate surface area is 109 Å². The molecule has 3 aromatic rings. The Morgan fingerprint density at radius 3 is 2.89 bits per heavy atom. The molecule has 2 heterocycles. The van der Waals surface area contributed by atoms with Gasteiger partial charge in [0.05, 0.1) is 15.0 Å². The lowest BCUT2D eigenvalue weighted by Crippen LogP contribution is -2.23. The number of para-hydroxylation sites is 1. The number of fused-ring (bicyclic) bond motifs is 1. The predicted molar refractivity (Wildman–Crippen MR) is 69.0 cm³/mol. The molecule has 0 spiro atoms. The van der Waals surface area contributed by atoms with Gasteiger partial charge in [0, 0.05) is 6.07 Å². The van der Waals surface area contributed by atoms with Gasteiger partial charge in [-0.1, -0.05) is 23.5 Å². The van der Waals surface area contributed by atoms with Crippen molar-refractivity contribution in [3.63, 3.8) is 0 Å². The van der Waals surface area contributed by atoms with Gasteiger partial charge in [0.2, 0.25) is 4.96 Å². The second kappa shape index (κ2) is 4.25. The van der Waals surface area contributed by atoms with Gasteiger partial charge in [0.25, 0.3) is 11.2 Å². The lowest BCUT2D eigenvalue weighted by atomic mass is 10.2. The topological polar surface area (TPSA) is 90.4 Å². The number of hydrogen-bond acceptors (Lipinski definition) is 6. The maximum Gasteiger partial charge on any atom is 0.291 e. The number of rotatable bonds is 2. The third-order valence-electron chi connectivity index (χ3n) is 2.54. The van der Waals surface area contributed by atoms with E-state index in [4.69, 9.17) is 0 Å². The normalized spacial score (nSPS) is 12.1. The Morgan fingerprint density at radius 1 is 1.37 bits per heavy atom. The summed E-state index contributed by atoms with van der Waals surface area (Å²) < 4.78 is 1.54. The highest BCUT2D eigenvalue weighted by Gasteiger charge is 2.11. The monoisotopic (exact) mass is 274 g/mol. The zero-order valence-electron chi connectivity index (χ0n) is 9.39. The third-order valence-corrected chi connectivity index (χ3v) is 3.51. The van der Waals surface area contributed by atoms with Crippen LogP contribution in [-0.2, 0) is 0 Å². The summed E-state index contributed by atoms with van der Waals surface area (Å²) in [4.78, 5) is 26.7. The summed E-state index contributed by atoms with van der Waals surface area (Å²) in [5.74, 6) is 0. The van der Waals surface area contributed by atoms with Crippen molar-refractivity contribution in [3.8, 4) is 0 Å². The lowest BCUT2D eigenvalue weighted by molar-refractivity contribution is -0.385. The molecular formula is C11H6N4O3S. The Kier molecular flexibility index (Phi) is 2.57. The number of thiazole rings is 1. The van der Waals surface area contributed by atoms with E-state index >= 15 is 0 Å². The third kappa shape index (κ3) is 1.87.